The summed E-state index contributed by atoms with van der Waals surface area (Å²) in [5.41, 5.74) is 8.15. The number of nitrogens with zero attached hydrogens (tertiary/aromatic N) is 1. The summed E-state index contributed by atoms with van der Waals surface area (Å²) >= 11 is 2.04. The van der Waals surface area contributed by atoms with E-state index in [1.165, 1.54) is 29.1 Å². The van der Waals surface area contributed by atoms with E-state index in [4.69, 9.17) is 5.73 Å². The number of thioether (sulfide) groups is 1. The Balaban J connectivity index is 1.53. The predicted molar refractivity (Wildman–Crippen MR) is 96.2 cm³/mol. The lowest BCUT2D eigenvalue weighted by molar-refractivity contribution is -0.123. The van der Waals surface area contributed by atoms with Crippen LogP contribution >= 0.6 is 11.8 Å². The zero-order valence-electron chi connectivity index (χ0n) is 13.7. The molecule has 5 heteroatoms. The van der Waals surface area contributed by atoms with Crippen molar-refractivity contribution >= 4 is 17.7 Å². The third-order valence-corrected chi connectivity index (χ3v) is 5.99. The third-order valence-electron chi connectivity index (χ3n) is 4.83. The molecule has 0 saturated carbocycles. The van der Waals surface area contributed by atoms with E-state index in [1.54, 1.807) is 0 Å². The minimum absolute atomic E-state index is 0.0217. The van der Waals surface area contributed by atoms with Crippen LogP contribution in [-0.2, 0) is 17.9 Å². The van der Waals surface area contributed by atoms with Crippen molar-refractivity contribution in [2.24, 2.45) is 11.7 Å². The Hall–Kier alpha value is -1.04. The van der Waals surface area contributed by atoms with Crippen molar-refractivity contribution in [2.75, 3.05) is 24.6 Å². The number of carbonyl (C=O) groups excluding carboxylic acids is 1. The average molecular weight is 334 g/mol. The molecule has 1 aromatic carbocycles. The first-order valence-corrected chi connectivity index (χ1v) is 9.77. The van der Waals surface area contributed by atoms with Gasteiger partial charge in [0.25, 0.3) is 0 Å². The molecule has 0 unspecified atom stereocenters. The number of hydrogen-bond acceptors (Lipinski definition) is 4. The topological polar surface area (TPSA) is 58.4 Å². The highest BCUT2D eigenvalue weighted by molar-refractivity contribution is 7.99. The summed E-state index contributed by atoms with van der Waals surface area (Å²) in [5.74, 6) is 2.39. The van der Waals surface area contributed by atoms with Crippen LogP contribution in [0.5, 0.6) is 0 Å². The normalized spacial score (nSPS) is 25.6. The van der Waals surface area contributed by atoms with Crippen LogP contribution < -0.4 is 11.1 Å². The third kappa shape index (κ3) is 4.96. The Morgan fingerprint density at radius 2 is 2.22 bits per heavy atom. The summed E-state index contributed by atoms with van der Waals surface area (Å²) < 4.78 is 0. The average Bonchev–Trinajstić information content (AvgIpc) is 3.07. The van der Waals surface area contributed by atoms with Crippen molar-refractivity contribution in [2.45, 2.75) is 38.4 Å². The van der Waals surface area contributed by atoms with Gasteiger partial charge >= 0.3 is 0 Å². The van der Waals surface area contributed by atoms with Gasteiger partial charge in [0.2, 0.25) is 5.91 Å². The molecule has 2 fully saturated rings. The summed E-state index contributed by atoms with van der Waals surface area (Å²) in [5, 5.41) is 3.66. The van der Waals surface area contributed by atoms with Crippen LogP contribution in [0.2, 0.25) is 0 Å². The molecule has 1 amide bonds. The lowest BCUT2D eigenvalue weighted by atomic mass is 9.97. The van der Waals surface area contributed by atoms with Crippen LogP contribution in [0.3, 0.4) is 0 Å². The molecule has 3 rings (SSSR count). The highest BCUT2D eigenvalue weighted by Crippen LogP contribution is 2.20. The summed E-state index contributed by atoms with van der Waals surface area (Å²) in [4.78, 5) is 13.8. The van der Waals surface area contributed by atoms with E-state index in [0.717, 1.165) is 39.0 Å². The van der Waals surface area contributed by atoms with Crippen LogP contribution in [0.1, 0.15) is 30.4 Å². The van der Waals surface area contributed by atoms with Gasteiger partial charge in [-0.2, -0.15) is 11.8 Å². The predicted octanol–water partition coefficient (Wildman–Crippen LogP) is 1.98. The molecule has 0 bridgehead atoms. The Kier molecular flexibility index (Phi) is 5.97. The number of nitrogens with one attached hydrogen (secondary N) is 1. The van der Waals surface area contributed by atoms with Crippen LogP contribution in [0.4, 0.5) is 0 Å². The fourth-order valence-electron chi connectivity index (χ4n) is 3.49. The number of primary amides is 1. The Labute approximate surface area is 143 Å². The molecular weight excluding hydrogens is 306 g/mol. The summed E-state index contributed by atoms with van der Waals surface area (Å²) in [6.45, 7) is 3.72. The van der Waals surface area contributed by atoms with Crippen molar-refractivity contribution in [3.05, 3.63) is 35.4 Å². The number of nitrogens with two attached hydrogens (primary N) is 1. The molecule has 0 radical (unpaired) electrons. The first-order valence-electron chi connectivity index (χ1n) is 8.61. The van der Waals surface area contributed by atoms with Crippen LogP contribution in [0, 0.1) is 5.92 Å². The van der Waals surface area contributed by atoms with Crippen LogP contribution in [0.15, 0.2) is 24.3 Å². The first-order chi connectivity index (χ1) is 11.2. The van der Waals surface area contributed by atoms with Crippen molar-refractivity contribution < 1.29 is 4.79 Å². The van der Waals surface area contributed by atoms with Gasteiger partial charge in [-0.15, -0.1) is 0 Å². The van der Waals surface area contributed by atoms with Gasteiger partial charge in [0.15, 0.2) is 0 Å². The van der Waals surface area contributed by atoms with E-state index < -0.39 is 0 Å². The number of carbonyl (C=O) groups is 1. The zero-order chi connectivity index (χ0) is 16.1. The molecule has 3 N–H and O–H groups in total. The van der Waals surface area contributed by atoms with Gasteiger partial charge in [-0.25, -0.2) is 0 Å². The molecule has 2 saturated heterocycles. The van der Waals surface area contributed by atoms with Crippen molar-refractivity contribution in [1.29, 1.82) is 0 Å². The fraction of sp³-hybridized carbons (Fsp3) is 0.611. The molecule has 1 aromatic rings. The van der Waals surface area contributed by atoms with E-state index in [1.807, 2.05) is 11.8 Å². The summed E-state index contributed by atoms with van der Waals surface area (Å²) in [6, 6.07) is 9.49. The van der Waals surface area contributed by atoms with Gasteiger partial charge in [0.1, 0.15) is 0 Å². The van der Waals surface area contributed by atoms with Crippen LogP contribution in [0.25, 0.3) is 0 Å². The maximum absolute atomic E-state index is 11.4. The highest BCUT2D eigenvalue weighted by Gasteiger charge is 2.23. The number of rotatable bonds is 6. The van der Waals surface area contributed by atoms with Gasteiger partial charge in [-0.05, 0) is 42.7 Å². The van der Waals surface area contributed by atoms with Crippen molar-refractivity contribution in [3.8, 4) is 0 Å². The molecule has 0 spiro atoms. The van der Waals surface area contributed by atoms with E-state index in [0.29, 0.717) is 6.04 Å². The van der Waals surface area contributed by atoms with Gasteiger partial charge in [0.05, 0.1) is 5.92 Å². The number of amides is 1. The minimum atomic E-state index is -0.151. The number of likely N-dealkylation sites (tertiary alicyclic amines) is 1. The monoisotopic (exact) mass is 333 g/mol. The molecule has 2 atom stereocenters. The fourth-order valence-corrected chi connectivity index (χ4v) is 4.67. The van der Waals surface area contributed by atoms with Gasteiger partial charge in [-0.3, -0.25) is 9.69 Å². The maximum Gasteiger partial charge on any atom is 0.221 e. The Morgan fingerprint density at radius 1 is 1.35 bits per heavy atom. The lowest BCUT2D eigenvalue weighted by Crippen LogP contribution is -2.40. The Morgan fingerprint density at radius 3 is 3.00 bits per heavy atom. The van der Waals surface area contributed by atoms with E-state index in [-0.39, 0.29) is 11.8 Å². The molecule has 0 aromatic heterocycles. The largest absolute Gasteiger partial charge is 0.369 e. The molecule has 2 aliphatic rings. The molecule has 126 valence electrons. The van der Waals surface area contributed by atoms with Crippen molar-refractivity contribution in [1.82, 2.24) is 10.2 Å². The second-order valence-corrected chi connectivity index (χ2v) is 7.89. The highest BCUT2D eigenvalue weighted by atomic mass is 32.2. The lowest BCUT2D eigenvalue weighted by Gasteiger charge is -2.31. The van der Waals surface area contributed by atoms with Gasteiger partial charge in [-0.1, -0.05) is 24.3 Å². The number of hydrogen-bond donors (Lipinski definition) is 2. The number of benzene rings is 1. The standard InChI is InChI=1S/C18H27N3OS/c19-18(22)16-5-2-7-21(12-16)11-15-4-1-3-14(9-15)10-20-17-6-8-23-13-17/h1,3-4,9,16-17,20H,2,5-8,10-13H2,(H2,19,22)/t16-,17+/m1/s1. The molecule has 2 aliphatic heterocycles. The molecular formula is C18H27N3OS. The van der Waals surface area contributed by atoms with Gasteiger partial charge < -0.3 is 11.1 Å². The SMILES string of the molecule is NC(=O)[C@@H]1CCCN(Cc2cccc(CN[C@H]3CCSC3)c2)C1. The molecule has 4 nitrogen and oxygen atoms in total. The first kappa shape index (κ1) is 16.8. The second kappa shape index (κ2) is 8.18. The van der Waals surface area contributed by atoms with E-state index in [9.17, 15) is 4.79 Å². The zero-order valence-corrected chi connectivity index (χ0v) is 14.5. The van der Waals surface area contributed by atoms with E-state index in [2.05, 4.69) is 34.5 Å². The van der Waals surface area contributed by atoms with Crippen molar-refractivity contribution in [3.63, 3.8) is 0 Å². The van der Waals surface area contributed by atoms with Gasteiger partial charge in [0, 0.05) is 31.4 Å². The molecule has 23 heavy (non-hydrogen) atoms. The minimum Gasteiger partial charge on any atom is -0.369 e. The smallest absolute Gasteiger partial charge is 0.221 e. The Bertz CT molecular complexity index is 531. The number of piperidine rings is 1. The van der Waals surface area contributed by atoms with E-state index >= 15 is 0 Å². The molecule has 0 aliphatic carbocycles. The second-order valence-electron chi connectivity index (χ2n) is 6.74. The maximum atomic E-state index is 11.4. The quantitative estimate of drug-likeness (QED) is 0.836. The van der Waals surface area contributed by atoms with Crippen LogP contribution in [-0.4, -0.2) is 41.4 Å². The molecule has 2 heterocycles. The summed E-state index contributed by atoms with van der Waals surface area (Å²) in [6.07, 6.45) is 3.29. The summed E-state index contributed by atoms with van der Waals surface area (Å²) in [7, 11) is 0.